The Balaban J connectivity index is 2.08. The van der Waals surface area contributed by atoms with E-state index in [1.54, 1.807) is 11.3 Å². The molecule has 0 saturated carbocycles. The minimum atomic E-state index is 0.288. The van der Waals surface area contributed by atoms with Crippen molar-refractivity contribution < 1.29 is 4.74 Å². The van der Waals surface area contributed by atoms with Crippen molar-refractivity contribution in [3.8, 4) is 0 Å². The van der Waals surface area contributed by atoms with E-state index in [0.29, 0.717) is 5.15 Å². The van der Waals surface area contributed by atoms with Crippen LogP contribution in [0.4, 0.5) is 5.13 Å². The van der Waals surface area contributed by atoms with Gasteiger partial charge in [-0.05, 0) is 6.92 Å². The van der Waals surface area contributed by atoms with Gasteiger partial charge in [-0.25, -0.2) is 4.98 Å². The molecule has 3 nitrogen and oxygen atoms in total. The van der Waals surface area contributed by atoms with Crippen molar-refractivity contribution in [3.05, 3.63) is 10.5 Å². The Morgan fingerprint density at radius 2 is 2.62 bits per heavy atom. The van der Waals surface area contributed by atoms with E-state index in [1.807, 2.05) is 5.38 Å². The summed E-state index contributed by atoms with van der Waals surface area (Å²) in [5, 5.41) is 3.44. The van der Waals surface area contributed by atoms with Crippen LogP contribution < -0.4 is 4.90 Å². The number of hydrogen-bond acceptors (Lipinski definition) is 4. The van der Waals surface area contributed by atoms with Gasteiger partial charge in [0, 0.05) is 18.5 Å². The summed E-state index contributed by atoms with van der Waals surface area (Å²) >= 11 is 7.34. The molecule has 13 heavy (non-hydrogen) atoms. The molecule has 1 aliphatic rings. The third kappa shape index (κ3) is 2.13. The molecule has 1 saturated heterocycles. The molecule has 1 atom stereocenters. The van der Waals surface area contributed by atoms with Crippen molar-refractivity contribution >= 4 is 28.1 Å². The van der Waals surface area contributed by atoms with Gasteiger partial charge >= 0.3 is 0 Å². The summed E-state index contributed by atoms with van der Waals surface area (Å²) in [6, 6.07) is 0. The predicted octanol–water partition coefficient (Wildman–Crippen LogP) is 2.02. The van der Waals surface area contributed by atoms with Crippen molar-refractivity contribution in [3.63, 3.8) is 0 Å². The summed E-state index contributed by atoms with van der Waals surface area (Å²) in [7, 11) is 0. The van der Waals surface area contributed by atoms with Gasteiger partial charge in [0.25, 0.3) is 0 Å². The summed E-state index contributed by atoms with van der Waals surface area (Å²) in [6.07, 6.45) is 0.288. The van der Waals surface area contributed by atoms with Crippen molar-refractivity contribution in [2.24, 2.45) is 0 Å². The van der Waals surface area contributed by atoms with Crippen molar-refractivity contribution in [1.82, 2.24) is 4.98 Å². The van der Waals surface area contributed by atoms with Crippen LogP contribution in [0, 0.1) is 0 Å². The van der Waals surface area contributed by atoms with Crippen LogP contribution >= 0.6 is 22.9 Å². The largest absolute Gasteiger partial charge is 0.375 e. The second-order valence-corrected chi connectivity index (χ2v) is 4.30. The molecule has 0 bridgehead atoms. The zero-order valence-electron chi connectivity index (χ0n) is 7.36. The van der Waals surface area contributed by atoms with Gasteiger partial charge in [-0.3, -0.25) is 0 Å². The number of aromatic nitrogens is 1. The highest BCUT2D eigenvalue weighted by atomic mass is 35.5. The molecule has 2 rings (SSSR count). The van der Waals surface area contributed by atoms with Gasteiger partial charge in [0.05, 0.1) is 12.7 Å². The molecule has 2 heterocycles. The first kappa shape index (κ1) is 9.24. The fourth-order valence-electron chi connectivity index (χ4n) is 1.38. The van der Waals surface area contributed by atoms with Gasteiger partial charge in [-0.15, -0.1) is 11.3 Å². The van der Waals surface area contributed by atoms with Gasteiger partial charge in [0.1, 0.15) is 5.15 Å². The number of ether oxygens (including phenoxy) is 1. The summed E-state index contributed by atoms with van der Waals surface area (Å²) < 4.78 is 5.44. The van der Waals surface area contributed by atoms with Crippen LogP contribution in [0.3, 0.4) is 0 Å². The first-order valence-electron chi connectivity index (χ1n) is 4.23. The molecule has 1 aromatic rings. The zero-order chi connectivity index (χ0) is 9.26. The monoisotopic (exact) mass is 218 g/mol. The first-order valence-corrected chi connectivity index (χ1v) is 5.49. The van der Waals surface area contributed by atoms with Crippen molar-refractivity contribution in [1.29, 1.82) is 0 Å². The SMILES string of the molecule is CC1CN(c2nc(Cl)cs2)CCO1. The molecular weight excluding hydrogens is 208 g/mol. The Kier molecular flexibility index (Phi) is 2.71. The number of thiazole rings is 1. The molecule has 0 spiro atoms. The molecule has 0 N–H and O–H groups in total. The summed E-state index contributed by atoms with van der Waals surface area (Å²) in [5.74, 6) is 0. The molecule has 0 aromatic carbocycles. The lowest BCUT2D eigenvalue weighted by Crippen LogP contribution is -2.41. The van der Waals surface area contributed by atoms with E-state index in [1.165, 1.54) is 0 Å². The molecule has 1 aromatic heterocycles. The standard InChI is InChI=1S/C8H11ClN2OS/c1-6-4-11(2-3-12-6)8-10-7(9)5-13-8/h5-6H,2-4H2,1H3. The van der Waals surface area contributed by atoms with E-state index in [9.17, 15) is 0 Å². The Morgan fingerprint density at radius 1 is 1.77 bits per heavy atom. The summed E-state index contributed by atoms with van der Waals surface area (Å²) in [5.41, 5.74) is 0. The quantitative estimate of drug-likeness (QED) is 0.721. The van der Waals surface area contributed by atoms with Gasteiger partial charge in [0.2, 0.25) is 0 Å². The van der Waals surface area contributed by atoms with Gasteiger partial charge in [-0.2, -0.15) is 0 Å². The van der Waals surface area contributed by atoms with Crippen LogP contribution in [0.15, 0.2) is 5.38 Å². The lowest BCUT2D eigenvalue weighted by molar-refractivity contribution is 0.0532. The highest BCUT2D eigenvalue weighted by Gasteiger charge is 2.18. The van der Waals surface area contributed by atoms with E-state index in [-0.39, 0.29) is 6.10 Å². The van der Waals surface area contributed by atoms with Gasteiger partial charge in [-0.1, -0.05) is 11.6 Å². The molecule has 72 valence electrons. The van der Waals surface area contributed by atoms with Crippen LogP contribution in [0.25, 0.3) is 0 Å². The van der Waals surface area contributed by atoms with Crippen LogP contribution in [-0.2, 0) is 4.74 Å². The van der Waals surface area contributed by atoms with Gasteiger partial charge in [0.15, 0.2) is 5.13 Å². The Hall–Kier alpha value is -0.320. The maximum Gasteiger partial charge on any atom is 0.186 e. The number of halogens is 1. The smallest absolute Gasteiger partial charge is 0.186 e. The van der Waals surface area contributed by atoms with Crippen LogP contribution in [0.2, 0.25) is 5.15 Å². The number of rotatable bonds is 1. The third-order valence-corrected chi connectivity index (χ3v) is 3.20. The molecule has 1 unspecified atom stereocenters. The topological polar surface area (TPSA) is 25.4 Å². The number of hydrogen-bond donors (Lipinski definition) is 0. The first-order chi connectivity index (χ1) is 6.25. The maximum absolute atomic E-state index is 5.76. The van der Waals surface area contributed by atoms with E-state index in [4.69, 9.17) is 16.3 Å². The molecule has 0 radical (unpaired) electrons. The lowest BCUT2D eigenvalue weighted by Gasteiger charge is -2.30. The second-order valence-electron chi connectivity index (χ2n) is 3.08. The fraction of sp³-hybridized carbons (Fsp3) is 0.625. The molecule has 5 heteroatoms. The van der Waals surface area contributed by atoms with Crippen LogP contribution in [-0.4, -0.2) is 30.8 Å². The third-order valence-electron chi connectivity index (χ3n) is 1.98. The Morgan fingerprint density at radius 3 is 3.23 bits per heavy atom. The number of morpholine rings is 1. The minimum absolute atomic E-state index is 0.288. The Bertz CT molecular complexity index is 291. The second kappa shape index (κ2) is 3.82. The van der Waals surface area contributed by atoms with E-state index in [0.717, 1.165) is 24.8 Å². The fourth-order valence-corrected chi connectivity index (χ4v) is 2.37. The summed E-state index contributed by atoms with van der Waals surface area (Å²) in [6.45, 7) is 4.66. The van der Waals surface area contributed by atoms with Gasteiger partial charge < -0.3 is 9.64 Å². The lowest BCUT2D eigenvalue weighted by atomic mass is 10.3. The summed E-state index contributed by atoms with van der Waals surface area (Å²) in [4.78, 5) is 6.44. The molecule has 1 fully saturated rings. The average Bonchev–Trinajstić information content (AvgIpc) is 2.52. The zero-order valence-corrected chi connectivity index (χ0v) is 8.94. The number of anilines is 1. The van der Waals surface area contributed by atoms with Crippen molar-refractivity contribution in [2.75, 3.05) is 24.6 Å². The highest BCUT2D eigenvalue weighted by Crippen LogP contribution is 2.24. The molecule has 1 aliphatic heterocycles. The molecule has 0 amide bonds. The van der Waals surface area contributed by atoms with Crippen molar-refractivity contribution in [2.45, 2.75) is 13.0 Å². The normalized spacial score (nSPS) is 23.5. The Labute approximate surface area is 86.3 Å². The minimum Gasteiger partial charge on any atom is -0.375 e. The van der Waals surface area contributed by atoms with Crippen LogP contribution in [0.1, 0.15) is 6.92 Å². The molecular formula is C8H11ClN2OS. The van der Waals surface area contributed by atoms with E-state index in [2.05, 4.69) is 16.8 Å². The number of nitrogens with zero attached hydrogens (tertiary/aromatic N) is 2. The van der Waals surface area contributed by atoms with E-state index >= 15 is 0 Å². The van der Waals surface area contributed by atoms with E-state index < -0.39 is 0 Å². The molecule has 0 aliphatic carbocycles. The predicted molar refractivity (Wildman–Crippen MR) is 54.8 cm³/mol. The van der Waals surface area contributed by atoms with Crippen LogP contribution in [0.5, 0.6) is 0 Å². The highest BCUT2D eigenvalue weighted by molar-refractivity contribution is 7.14. The maximum atomic E-state index is 5.76. The average molecular weight is 219 g/mol.